The van der Waals surface area contributed by atoms with E-state index < -0.39 is 5.83 Å². The van der Waals surface area contributed by atoms with Gasteiger partial charge in [-0.2, -0.15) is 0 Å². The Balaban J connectivity index is 5.77. The lowest BCUT2D eigenvalue weighted by Gasteiger charge is -2.30. The molecule has 7 heteroatoms. The SMILES string of the molecule is C#CC(=C=C/C(F)=C(\C)NC(C)[C@H](CC)NC(=C)CC(C)(C)C)C(=C)N/C(=C/C)CC(/C(CC)=N\C)N(C)/C=C\N=C. The third-order valence-electron chi connectivity index (χ3n) is 6.77. The summed E-state index contributed by atoms with van der Waals surface area (Å²) >= 11 is 0. The summed E-state index contributed by atoms with van der Waals surface area (Å²) in [6.07, 6.45) is 15.6. The number of allylic oxidation sites excluding steroid dienone is 5. The van der Waals surface area contributed by atoms with Crippen LogP contribution >= 0.6 is 0 Å². The lowest BCUT2D eigenvalue weighted by molar-refractivity contribution is 0.367. The Labute approximate surface area is 256 Å². The molecule has 3 atom stereocenters. The zero-order chi connectivity index (χ0) is 32.5. The summed E-state index contributed by atoms with van der Waals surface area (Å²) in [4.78, 5) is 10.3. The van der Waals surface area contributed by atoms with E-state index in [4.69, 9.17) is 6.42 Å². The molecule has 42 heavy (non-hydrogen) atoms. The molecule has 6 nitrogen and oxygen atoms in total. The van der Waals surface area contributed by atoms with Gasteiger partial charge in [-0.3, -0.25) is 9.98 Å². The summed E-state index contributed by atoms with van der Waals surface area (Å²) in [5, 5.41) is 10.1. The molecule has 3 N–H and O–H groups in total. The van der Waals surface area contributed by atoms with Crippen molar-refractivity contribution in [2.24, 2.45) is 15.4 Å². The van der Waals surface area contributed by atoms with Crippen molar-refractivity contribution in [1.82, 2.24) is 20.9 Å². The summed E-state index contributed by atoms with van der Waals surface area (Å²) < 4.78 is 15.1. The van der Waals surface area contributed by atoms with Crippen LogP contribution in [0.1, 0.15) is 81.1 Å². The molecule has 0 aromatic heterocycles. The van der Waals surface area contributed by atoms with Crippen molar-refractivity contribution in [3.63, 3.8) is 0 Å². The highest BCUT2D eigenvalue weighted by molar-refractivity contribution is 5.89. The zero-order valence-electron chi connectivity index (χ0n) is 27.8. The van der Waals surface area contributed by atoms with Crippen LogP contribution in [-0.4, -0.2) is 49.5 Å². The molecule has 0 fully saturated rings. The number of aliphatic imine (C=N–C) groups is 2. The van der Waals surface area contributed by atoms with Crippen molar-refractivity contribution in [2.45, 2.75) is 99.2 Å². The van der Waals surface area contributed by atoms with Crippen molar-refractivity contribution in [2.75, 3.05) is 14.1 Å². The summed E-state index contributed by atoms with van der Waals surface area (Å²) in [5.41, 5.74) is 7.15. The van der Waals surface area contributed by atoms with Gasteiger partial charge in [0, 0.05) is 73.9 Å². The lowest BCUT2D eigenvalue weighted by Crippen LogP contribution is -2.45. The summed E-state index contributed by atoms with van der Waals surface area (Å²) in [6.45, 7) is 28.2. The van der Waals surface area contributed by atoms with Gasteiger partial charge in [0.05, 0.1) is 17.3 Å². The fraction of sp³-hybridized carbons (Fsp3) is 0.514. The van der Waals surface area contributed by atoms with Gasteiger partial charge in [-0.1, -0.05) is 65.5 Å². The molecule has 0 amide bonds. The molecule has 0 saturated heterocycles. The highest BCUT2D eigenvalue weighted by atomic mass is 19.1. The van der Waals surface area contributed by atoms with E-state index in [9.17, 15) is 0 Å². The Morgan fingerprint density at radius 2 is 1.83 bits per heavy atom. The number of rotatable bonds is 18. The molecule has 232 valence electrons. The average molecular weight is 579 g/mol. The van der Waals surface area contributed by atoms with Gasteiger partial charge in [-0.25, -0.2) is 4.39 Å². The van der Waals surface area contributed by atoms with Gasteiger partial charge in [0.1, 0.15) is 5.83 Å². The van der Waals surface area contributed by atoms with E-state index in [0.717, 1.165) is 36.4 Å². The van der Waals surface area contributed by atoms with Crippen LogP contribution in [0.15, 0.2) is 87.6 Å². The highest BCUT2D eigenvalue weighted by Gasteiger charge is 2.21. The quantitative estimate of drug-likeness (QED) is 0.0680. The Bertz CT molecular complexity index is 1150. The monoisotopic (exact) mass is 578 g/mol. The fourth-order valence-corrected chi connectivity index (χ4v) is 4.51. The van der Waals surface area contributed by atoms with Crippen LogP contribution in [0.4, 0.5) is 4.39 Å². The van der Waals surface area contributed by atoms with E-state index in [0.29, 0.717) is 23.4 Å². The van der Waals surface area contributed by atoms with E-state index in [-0.39, 0.29) is 23.5 Å². The first-order chi connectivity index (χ1) is 19.7. The van der Waals surface area contributed by atoms with Gasteiger partial charge in [0.2, 0.25) is 0 Å². The normalized spacial score (nSPS) is 14.9. The van der Waals surface area contributed by atoms with E-state index in [1.807, 2.05) is 38.1 Å². The molecular formula is C35H55FN6. The zero-order valence-corrected chi connectivity index (χ0v) is 27.8. The van der Waals surface area contributed by atoms with Gasteiger partial charge < -0.3 is 20.9 Å². The third kappa shape index (κ3) is 14.2. The predicted molar refractivity (Wildman–Crippen MR) is 182 cm³/mol. The molecule has 0 radical (unpaired) electrons. The van der Waals surface area contributed by atoms with Gasteiger partial charge in [-0.05, 0) is 52.2 Å². The minimum Gasteiger partial charge on any atom is -0.384 e. The summed E-state index contributed by atoms with van der Waals surface area (Å²) in [7, 11) is 3.77. The lowest BCUT2D eigenvalue weighted by atomic mass is 9.90. The second kappa shape index (κ2) is 19.4. The van der Waals surface area contributed by atoms with Gasteiger partial charge in [-0.15, -0.1) is 6.42 Å². The molecule has 0 saturated carbocycles. The fourth-order valence-electron chi connectivity index (χ4n) is 4.51. The molecule has 2 unspecified atom stereocenters. The maximum atomic E-state index is 15.1. The van der Waals surface area contributed by atoms with Crippen LogP contribution in [0.5, 0.6) is 0 Å². The largest absolute Gasteiger partial charge is 0.384 e. The van der Waals surface area contributed by atoms with Crippen LogP contribution in [0, 0.1) is 17.8 Å². The molecule has 0 heterocycles. The second-order valence-electron chi connectivity index (χ2n) is 11.6. The van der Waals surface area contributed by atoms with Crippen LogP contribution in [-0.2, 0) is 0 Å². The van der Waals surface area contributed by atoms with E-state index in [1.54, 1.807) is 20.2 Å². The van der Waals surface area contributed by atoms with E-state index in [2.05, 4.69) is 92.1 Å². The van der Waals surface area contributed by atoms with Gasteiger partial charge >= 0.3 is 0 Å². The minimum atomic E-state index is -0.451. The van der Waals surface area contributed by atoms with E-state index in [1.165, 1.54) is 6.08 Å². The smallest absolute Gasteiger partial charge is 0.149 e. The Morgan fingerprint density at radius 3 is 2.31 bits per heavy atom. The number of hydrogen-bond donors (Lipinski definition) is 3. The van der Waals surface area contributed by atoms with Crippen molar-refractivity contribution in [3.8, 4) is 12.3 Å². The Kier molecular flexibility index (Phi) is 17.7. The molecule has 0 aromatic carbocycles. The Hall–Kier alpha value is -3.75. The first-order valence-electron chi connectivity index (χ1n) is 14.6. The molecule has 0 bridgehead atoms. The number of nitrogens with one attached hydrogen (secondary N) is 3. The molecule has 0 spiro atoms. The predicted octanol–water partition coefficient (Wildman–Crippen LogP) is 7.55. The molecular weight excluding hydrogens is 523 g/mol. The average Bonchev–Trinajstić information content (AvgIpc) is 2.92. The Morgan fingerprint density at radius 1 is 1.19 bits per heavy atom. The first kappa shape index (κ1) is 38.2. The third-order valence-corrected chi connectivity index (χ3v) is 6.77. The van der Waals surface area contributed by atoms with Crippen LogP contribution in [0.2, 0.25) is 0 Å². The number of nitrogens with zero attached hydrogens (tertiary/aromatic N) is 3. The number of hydrogen-bond acceptors (Lipinski definition) is 6. The molecule has 0 aromatic rings. The number of halogens is 1. The standard InChI is InChI=1S/C35H55FN6/c1-15-29(26(6)41-30(16-2)23-34(33(18-4)38-13)42(14)22-21-37-12)19-20-31(36)27(7)40-28(8)32(17-3)39-25(5)24-35(9,10)11/h1,16,20-22,28,32,34,39-41H,5-6,12,17-18,23-24H2,2-4,7-11,13-14H3/b22-21-,30-16+,31-27-,38-33-/t19?,28?,32-,34?/m0/s1. The van der Waals surface area contributed by atoms with Crippen molar-refractivity contribution >= 4 is 12.4 Å². The molecule has 0 aliphatic rings. The minimum absolute atomic E-state index is 0.0125. The van der Waals surface area contributed by atoms with Crippen molar-refractivity contribution in [1.29, 1.82) is 0 Å². The molecule has 0 aliphatic carbocycles. The van der Waals surface area contributed by atoms with E-state index >= 15 is 4.39 Å². The van der Waals surface area contributed by atoms with Crippen molar-refractivity contribution in [3.05, 3.63) is 77.6 Å². The first-order valence-corrected chi connectivity index (χ1v) is 14.6. The summed E-state index contributed by atoms with van der Waals surface area (Å²) in [6, 6.07) is 0.0594. The highest BCUT2D eigenvalue weighted by Crippen LogP contribution is 2.22. The van der Waals surface area contributed by atoms with Gasteiger partial charge in [0.15, 0.2) is 0 Å². The van der Waals surface area contributed by atoms with Crippen LogP contribution in [0.3, 0.4) is 0 Å². The summed E-state index contributed by atoms with van der Waals surface area (Å²) in [5.74, 6) is 2.12. The maximum absolute atomic E-state index is 15.1. The van der Waals surface area contributed by atoms with Crippen LogP contribution in [0.25, 0.3) is 0 Å². The topological polar surface area (TPSA) is 64.0 Å². The van der Waals surface area contributed by atoms with Gasteiger partial charge in [0.25, 0.3) is 0 Å². The van der Waals surface area contributed by atoms with Crippen molar-refractivity contribution < 1.29 is 4.39 Å². The molecule has 0 aliphatic heterocycles. The number of terminal acetylenes is 1. The maximum Gasteiger partial charge on any atom is 0.149 e. The molecule has 0 rings (SSSR count). The second-order valence-corrected chi connectivity index (χ2v) is 11.6. The van der Waals surface area contributed by atoms with Crippen LogP contribution < -0.4 is 16.0 Å².